The minimum Gasteiger partial charge on any atom is -0.298 e. The fourth-order valence-corrected chi connectivity index (χ4v) is 2.97. The first-order chi connectivity index (χ1) is 6.69. The average Bonchev–Trinajstić information content (AvgIpc) is 1.97. The smallest absolute Gasteiger partial charge is 0.278 e. The summed E-state index contributed by atoms with van der Waals surface area (Å²) in [5, 5.41) is 0. The maximum absolute atomic E-state index is 11.7. The third-order valence-corrected chi connectivity index (χ3v) is 6.08. The molecular formula is C11H22O4S. The lowest BCUT2D eigenvalue weighted by Gasteiger charge is -2.48. The van der Waals surface area contributed by atoms with Crippen molar-refractivity contribution in [1.82, 2.24) is 0 Å². The van der Waals surface area contributed by atoms with Crippen molar-refractivity contribution in [1.29, 1.82) is 0 Å². The summed E-state index contributed by atoms with van der Waals surface area (Å²) in [7, 11) is -4.45. The zero-order valence-corrected chi connectivity index (χ0v) is 11.9. The molecule has 1 N–H and O–H groups in total. The van der Waals surface area contributed by atoms with Gasteiger partial charge in [0, 0.05) is 0 Å². The molecule has 0 aromatic carbocycles. The van der Waals surface area contributed by atoms with Gasteiger partial charge in [0.1, 0.15) is 0 Å². The van der Waals surface area contributed by atoms with Gasteiger partial charge in [-0.05, 0) is 24.7 Å². The van der Waals surface area contributed by atoms with E-state index in [1.807, 2.05) is 20.8 Å². The molecule has 1 atom stereocenters. The SMILES string of the molecule is CC(=O)C(C)(C(C)(C)C(C)(C)C)S(=O)(=O)O. The third kappa shape index (κ3) is 2.02. The van der Waals surface area contributed by atoms with Crippen molar-refractivity contribution in [2.75, 3.05) is 0 Å². The van der Waals surface area contributed by atoms with Crippen LogP contribution in [-0.4, -0.2) is 23.5 Å². The van der Waals surface area contributed by atoms with Gasteiger partial charge in [0.15, 0.2) is 10.5 Å². The number of ketones is 1. The predicted octanol–water partition coefficient (Wildman–Crippen LogP) is 2.29. The molecule has 0 aromatic rings. The van der Waals surface area contributed by atoms with Gasteiger partial charge in [-0.1, -0.05) is 34.6 Å². The Bertz CT molecular complexity index is 387. The van der Waals surface area contributed by atoms with Gasteiger partial charge in [0.25, 0.3) is 10.1 Å². The summed E-state index contributed by atoms with van der Waals surface area (Å²) in [5.41, 5.74) is -1.33. The zero-order chi connectivity index (χ0) is 13.6. The highest BCUT2D eigenvalue weighted by molar-refractivity contribution is 7.88. The first-order valence-corrected chi connectivity index (χ1v) is 6.61. The van der Waals surface area contributed by atoms with Gasteiger partial charge in [0.2, 0.25) is 0 Å². The minimum atomic E-state index is -4.45. The maximum atomic E-state index is 11.7. The van der Waals surface area contributed by atoms with Crippen molar-refractivity contribution in [3.63, 3.8) is 0 Å². The molecule has 0 aliphatic heterocycles. The molecule has 16 heavy (non-hydrogen) atoms. The third-order valence-electron chi connectivity index (χ3n) is 4.26. The molecule has 5 heteroatoms. The van der Waals surface area contributed by atoms with Crippen molar-refractivity contribution < 1.29 is 17.8 Å². The van der Waals surface area contributed by atoms with Gasteiger partial charge in [-0.25, -0.2) is 0 Å². The summed E-state index contributed by atoms with van der Waals surface area (Å²) in [6, 6.07) is 0. The quantitative estimate of drug-likeness (QED) is 0.780. The van der Waals surface area contributed by atoms with Crippen LogP contribution in [0.5, 0.6) is 0 Å². The zero-order valence-electron chi connectivity index (χ0n) is 11.1. The Morgan fingerprint density at radius 3 is 1.38 bits per heavy atom. The van der Waals surface area contributed by atoms with Gasteiger partial charge >= 0.3 is 0 Å². The van der Waals surface area contributed by atoms with Crippen molar-refractivity contribution in [3.05, 3.63) is 0 Å². The fourth-order valence-electron chi connectivity index (χ4n) is 1.66. The second kappa shape index (κ2) is 3.81. The lowest BCUT2D eigenvalue weighted by atomic mass is 9.61. The van der Waals surface area contributed by atoms with E-state index in [0.29, 0.717) is 0 Å². The second-order valence-electron chi connectivity index (χ2n) is 5.94. The van der Waals surface area contributed by atoms with Crippen LogP contribution in [0.15, 0.2) is 0 Å². The summed E-state index contributed by atoms with van der Waals surface area (Å²) in [6.45, 7) is 11.4. The molecule has 0 saturated heterocycles. The normalized spacial score (nSPS) is 18.0. The molecule has 4 nitrogen and oxygen atoms in total. The van der Waals surface area contributed by atoms with Crippen LogP contribution in [0.4, 0.5) is 0 Å². The molecule has 0 amide bonds. The van der Waals surface area contributed by atoms with E-state index in [0.717, 1.165) is 0 Å². The second-order valence-corrected chi connectivity index (χ2v) is 7.71. The van der Waals surface area contributed by atoms with Crippen LogP contribution in [0.1, 0.15) is 48.5 Å². The maximum Gasteiger partial charge on any atom is 0.278 e. The molecular weight excluding hydrogens is 228 g/mol. The van der Waals surface area contributed by atoms with Crippen LogP contribution in [0.25, 0.3) is 0 Å². The van der Waals surface area contributed by atoms with Gasteiger partial charge < -0.3 is 0 Å². The van der Waals surface area contributed by atoms with E-state index in [-0.39, 0.29) is 0 Å². The molecule has 0 aliphatic rings. The van der Waals surface area contributed by atoms with Crippen LogP contribution in [-0.2, 0) is 14.9 Å². The van der Waals surface area contributed by atoms with Crippen LogP contribution < -0.4 is 0 Å². The first-order valence-electron chi connectivity index (χ1n) is 5.17. The molecule has 0 fully saturated rings. The van der Waals surface area contributed by atoms with Crippen LogP contribution in [0.2, 0.25) is 0 Å². The standard InChI is InChI=1S/C11H22O4S/c1-8(12)11(7,16(13,14)15)10(5,6)9(2,3)4/h1-7H3,(H,13,14,15). The summed E-state index contributed by atoms with van der Waals surface area (Å²) < 4.78 is 30.6. The molecule has 0 radical (unpaired) electrons. The van der Waals surface area contributed by atoms with Crippen LogP contribution >= 0.6 is 0 Å². The molecule has 0 spiro atoms. The van der Waals surface area contributed by atoms with Crippen molar-refractivity contribution in [3.8, 4) is 0 Å². The number of carbonyl (C=O) groups is 1. The average molecular weight is 250 g/mol. The lowest BCUT2D eigenvalue weighted by molar-refractivity contribution is -0.124. The van der Waals surface area contributed by atoms with Crippen molar-refractivity contribution in [2.45, 2.75) is 53.2 Å². The van der Waals surface area contributed by atoms with E-state index >= 15 is 0 Å². The first kappa shape index (κ1) is 15.6. The van der Waals surface area contributed by atoms with Gasteiger partial charge in [-0.3, -0.25) is 9.35 Å². The molecule has 0 saturated carbocycles. The van der Waals surface area contributed by atoms with Gasteiger partial charge in [0.05, 0.1) is 0 Å². The predicted molar refractivity (Wildman–Crippen MR) is 63.9 cm³/mol. The Morgan fingerprint density at radius 1 is 1.00 bits per heavy atom. The largest absolute Gasteiger partial charge is 0.298 e. The van der Waals surface area contributed by atoms with E-state index in [9.17, 15) is 17.8 Å². The number of rotatable bonds is 3. The van der Waals surface area contributed by atoms with Crippen molar-refractivity contribution in [2.24, 2.45) is 10.8 Å². The topological polar surface area (TPSA) is 71.4 Å². The Morgan fingerprint density at radius 2 is 1.31 bits per heavy atom. The summed E-state index contributed by atoms with van der Waals surface area (Å²) in [6.07, 6.45) is 0. The van der Waals surface area contributed by atoms with E-state index in [1.165, 1.54) is 13.8 Å². The van der Waals surface area contributed by atoms with Crippen molar-refractivity contribution >= 4 is 15.9 Å². The summed E-state index contributed by atoms with van der Waals surface area (Å²) in [4.78, 5) is 11.7. The molecule has 1 unspecified atom stereocenters. The van der Waals surface area contributed by atoms with Gasteiger partial charge in [-0.2, -0.15) is 8.42 Å². The van der Waals surface area contributed by atoms with E-state index < -0.39 is 31.5 Å². The highest BCUT2D eigenvalue weighted by Gasteiger charge is 2.59. The van der Waals surface area contributed by atoms with Crippen LogP contribution in [0, 0.1) is 10.8 Å². The van der Waals surface area contributed by atoms with E-state index in [4.69, 9.17) is 0 Å². The lowest BCUT2D eigenvalue weighted by Crippen LogP contribution is -2.58. The number of Topliss-reactive ketones (excluding diaryl/α,β-unsaturated/α-hetero) is 1. The Kier molecular flexibility index (Phi) is 3.71. The summed E-state index contributed by atoms with van der Waals surface area (Å²) in [5.74, 6) is -0.546. The van der Waals surface area contributed by atoms with Gasteiger partial charge in [-0.15, -0.1) is 0 Å². The molecule has 0 heterocycles. The fraction of sp³-hybridized carbons (Fsp3) is 0.909. The highest BCUT2D eigenvalue weighted by atomic mass is 32.2. The Hall–Kier alpha value is -0.420. The number of hydrogen-bond acceptors (Lipinski definition) is 3. The van der Waals surface area contributed by atoms with E-state index in [2.05, 4.69) is 0 Å². The van der Waals surface area contributed by atoms with Crippen LogP contribution in [0.3, 0.4) is 0 Å². The molecule has 0 rings (SSSR count). The number of hydrogen-bond donors (Lipinski definition) is 1. The summed E-state index contributed by atoms with van der Waals surface area (Å²) >= 11 is 0. The monoisotopic (exact) mass is 250 g/mol. The molecule has 0 bridgehead atoms. The molecule has 0 aliphatic carbocycles. The molecule has 96 valence electrons. The minimum absolute atomic E-state index is 0.441. The molecule has 0 aromatic heterocycles. The Labute approximate surface area is 98.2 Å². The van der Waals surface area contributed by atoms with E-state index in [1.54, 1.807) is 13.8 Å². The highest BCUT2D eigenvalue weighted by Crippen LogP contribution is 2.50. The number of carbonyl (C=O) groups excluding carboxylic acids is 1. The Balaban J connectivity index is 6.07.